The van der Waals surface area contributed by atoms with Crippen LogP contribution in [0.25, 0.3) is 17.0 Å². The zero-order valence-corrected chi connectivity index (χ0v) is 66.3. The topological polar surface area (TPSA) is 190 Å². The summed E-state index contributed by atoms with van der Waals surface area (Å²) < 4.78 is 104. The van der Waals surface area contributed by atoms with Crippen LogP contribution in [-0.2, 0) is 112 Å². The maximum Gasteiger partial charge on any atom is 0.297 e. The van der Waals surface area contributed by atoms with E-state index in [-0.39, 0.29) is 94.8 Å². The van der Waals surface area contributed by atoms with E-state index in [1.165, 1.54) is 24.9 Å². The zero-order valence-electron chi connectivity index (χ0n) is 66.3. The van der Waals surface area contributed by atoms with Crippen LogP contribution < -0.4 is 34.6 Å². The van der Waals surface area contributed by atoms with Crippen molar-refractivity contribution < 1.29 is 75.8 Å². The molecule has 0 spiro atoms. The van der Waals surface area contributed by atoms with Crippen LogP contribution in [0.2, 0.25) is 0 Å². The molecule has 10 atom stereocenters. The first-order valence-electron chi connectivity index (χ1n) is 40.0. The monoisotopic (exact) mass is 1570 g/mol. The number of nitrogens with zero attached hydrogens (tertiary/aromatic N) is 1. The number of hydrogen-bond acceptors (Lipinski definition) is 17. The first-order chi connectivity index (χ1) is 57.1. The number of rotatable bonds is 43. The van der Waals surface area contributed by atoms with Gasteiger partial charge in [-0.25, -0.2) is 0 Å². The van der Waals surface area contributed by atoms with Crippen molar-refractivity contribution in [1.82, 2.24) is 4.57 Å². The maximum absolute atomic E-state index is 15.2. The summed E-state index contributed by atoms with van der Waals surface area (Å²) in [7, 11) is 4.72. The lowest BCUT2D eigenvalue weighted by Gasteiger charge is -2.45. The van der Waals surface area contributed by atoms with Crippen LogP contribution in [0.3, 0.4) is 0 Å². The summed E-state index contributed by atoms with van der Waals surface area (Å²) in [6.07, 6.45) is -0.0144. The van der Waals surface area contributed by atoms with Gasteiger partial charge in [0.2, 0.25) is 30.0 Å². The molecule has 19 nitrogen and oxygen atoms in total. The average molecular weight is 1570 g/mol. The van der Waals surface area contributed by atoms with E-state index in [4.69, 9.17) is 71.1 Å². The fourth-order valence-corrected chi connectivity index (χ4v) is 14.2. The molecule has 2 fully saturated rings. The van der Waals surface area contributed by atoms with Gasteiger partial charge in [0.05, 0.1) is 92.4 Å². The van der Waals surface area contributed by atoms with Crippen molar-refractivity contribution in [3.8, 4) is 28.7 Å². The fraction of sp³-hybridized carbons (Fsp3) is 0.320. The van der Waals surface area contributed by atoms with Crippen molar-refractivity contribution in [2.75, 3.05) is 39.4 Å². The number of aryl methyl sites for hydroxylation is 1. The Hall–Kier alpha value is -10.8. The number of aromatic nitrogens is 1. The van der Waals surface area contributed by atoms with E-state index in [2.05, 4.69) is 12.2 Å². The van der Waals surface area contributed by atoms with Gasteiger partial charge in [-0.2, -0.15) is 0 Å². The number of unbranched alkanes of at least 4 members (excludes halogenated alkanes) is 5. The van der Waals surface area contributed by atoms with Crippen molar-refractivity contribution >= 4 is 28.6 Å². The van der Waals surface area contributed by atoms with E-state index in [1.807, 2.05) is 243 Å². The Morgan fingerprint density at radius 3 is 1.15 bits per heavy atom. The lowest BCUT2D eigenvalue weighted by molar-refractivity contribution is -0.310. The first-order valence-corrected chi connectivity index (χ1v) is 40.0. The maximum atomic E-state index is 15.2. The van der Waals surface area contributed by atoms with Crippen LogP contribution in [0.5, 0.6) is 28.7 Å². The Bertz CT molecular complexity index is 4820. The number of carbonyl (C=O) groups is 1. The highest BCUT2D eigenvalue weighted by Gasteiger charge is 2.52. The largest absolute Gasteiger partial charge is 0.493 e. The molecular weight excluding hydrogens is 1470 g/mol. The molecule has 2 saturated heterocycles. The van der Waals surface area contributed by atoms with Gasteiger partial charge in [-0.05, 0) is 92.9 Å². The van der Waals surface area contributed by atoms with Crippen molar-refractivity contribution in [3.63, 3.8) is 0 Å². The minimum atomic E-state index is -1.26. The number of ether oxygens (including phenoxy) is 15. The second kappa shape index (κ2) is 43.8. The van der Waals surface area contributed by atoms with Crippen LogP contribution in [0.4, 0.5) is 5.69 Å². The average Bonchev–Trinajstić information content (AvgIpc) is 0.754. The van der Waals surface area contributed by atoms with E-state index in [9.17, 15) is 4.79 Å². The molecule has 604 valence electrons. The van der Waals surface area contributed by atoms with Crippen molar-refractivity contribution in [2.24, 2.45) is 7.05 Å². The summed E-state index contributed by atoms with van der Waals surface area (Å²) >= 11 is 0. The number of pyridine rings is 1. The number of carbonyl (C=O) groups excluding carboxylic acids is 1. The van der Waals surface area contributed by atoms with Gasteiger partial charge >= 0.3 is 0 Å². The number of benzene rings is 10. The lowest BCUT2D eigenvalue weighted by Crippen LogP contribution is -2.62. The standard InChI is InChI=1S/C97H104N2O17/c1-5-6-7-8-9-34-55-106-92-86(115-96-93(111-65-75-47-30-16-31-48-75)90(109-63-73-43-26-14-27-44-73)88(107-61-71-39-22-12-23-40-71)83(113-96)67-104-59-69-35-18-10-19-36-69)79-53-52-78(58-80(79)99(2)95(92)101)98-85(100)54-51-77-56-81(102-3)87(82(57-77)103-4)116-97-94(112-66-76-49-32-17-33-50-76)91(110-64-74-45-28-15-29-46-74)89(108-62-72-41-24-13-25-42-72)84(114-97)68-105-60-70-37-20-11-21-38-70/h10-33,35-54,56-58,83-84,88-91,93-94,96-97H,5-9,34,55,59-68H2,1-4H3,(H,98,100)/b54-51+/t83-,84-,88-,89-,90+,91+,93+,94+,96-,97-/m1/s1. The van der Waals surface area contributed by atoms with Crippen molar-refractivity contribution in [3.05, 3.63) is 339 Å². The third-order valence-corrected chi connectivity index (χ3v) is 20.4. The van der Waals surface area contributed by atoms with Crippen molar-refractivity contribution in [1.29, 1.82) is 0 Å². The molecule has 0 bridgehead atoms. The smallest absolute Gasteiger partial charge is 0.297 e. The van der Waals surface area contributed by atoms with E-state index >= 15 is 4.79 Å². The van der Waals surface area contributed by atoms with E-state index in [1.54, 1.807) is 43.5 Å². The Labute approximate surface area is 679 Å². The van der Waals surface area contributed by atoms with Crippen LogP contribution >= 0.6 is 0 Å². The fourth-order valence-electron chi connectivity index (χ4n) is 14.2. The number of amides is 1. The molecule has 1 N–H and O–H groups in total. The molecule has 1 amide bonds. The molecule has 0 saturated carbocycles. The Balaban J connectivity index is 0.807. The van der Waals surface area contributed by atoms with Crippen molar-refractivity contribution in [2.45, 2.75) is 160 Å². The summed E-state index contributed by atoms with van der Waals surface area (Å²) in [6, 6.07) is 88.1. The highest BCUT2D eigenvalue weighted by molar-refractivity contribution is 6.03. The molecule has 3 heterocycles. The third kappa shape index (κ3) is 23.5. The second-order valence-corrected chi connectivity index (χ2v) is 28.8. The van der Waals surface area contributed by atoms with Gasteiger partial charge in [0.15, 0.2) is 17.2 Å². The molecule has 2 aliphatic heterocycles. The SMILES string of the molecule is CCCCCCCCOc1c(O[C@H]2O[C@H](COCc3ccccc3)[C@@H](OCc3ccccc3)[C@H](OCc3ccccc3)[C@@H]2OCc2ccccc2)c2ccc(NC(=O)/C=C/c3cc(OC)c(O[C@H]4O[C@H](COCc5ccccc5)[C@@H](OCc5ccccc5)[C@H](OCc5ccccc5)[C@@H]4OCc4ccccc4)c(OC)c3)cc2n(C)c1=O. The molecule has 19 heteroatoms. The van der Waals surface area contributed by atoms with E-state index in [0.29, 0.717) is 35.2 Å². The first kappa shape index (κ1) is 83.2. The molecule has 2 aliphatic rings. The zero-order chi connectivity index (χ0) is 79.9. The summed E-state index contributed by atoms with van der Waals surface area (Å²) in [6.45, 7) is 4.41. The molecule has 116 heavy (non-hydrogen) atoms. The van der Waals surface area contributed by atoms with Crippen LogP contribution in [0.15, 0.2) is 284 Å². The molecule has 13 rings (SSSR count). The highest BCUT2D eigenvalue weighted by Crippen LogP contribution is 2.44. The molecule has 1 aromatic heterocycles. The van der Waals surface area contributed by atoms with Crippen LogP contribution in [-0.4, -0.2) is 106 Å². The van der Waals surface area contributed by atoms with Gasteiger partial charge in [0, 0.05) is 24.2 Å². The van der Waals surface area contributed by atoms with Gasteiger partial charge < -0.3 is 80.9 Å². The molecule has 0 aliphatic carbocycles. The Kier molecular flexibility index (Phi) is 31.4. The summed E-state index contributed by atoms with van der Waals surface area (Å²) in [5.74, 6) is 0.380. The number of anilines is 1. The second-order valence-electron chi connectivity index (χ2n) is 28.8. The van der Waals surface area contributed by atoms with Gasteiger partial charge in [-0.3, -0.25) is 9.59 Å². The summed E-state index contributed by atoms with van der Waals surface area (Å²) in [4.78, 5) is 29.7. The van der Waals surface area contributed by atoms with Crippen LogP contribution in [0, 0.1) is 0 Å². The molecule has 11 aromatic rings. The van der Waals surface area contributed by atoms with Gasteiger partial charge in [-0.15, -0.1) is 0 Å². The summed E-state index contributed by atoms with van der Waals surface area (Å²) in [5.41, 5.74) is 8.44. The Morgan fingerprint density at radius 2 is 0.759 bits per heavy atom. The molecule has 10 aromatic carbocycles. The normalized spacial score (nSPS) is 19.3. The number of hydrogen-bond donors (Lipinski definition) is 1. The van der Waals surface area contributed by atoms with Gasteiger partial charge in [-0.1, -0.05) is 282 Å². The predicted octanol–water partition coefficient (Wildman–Crippen LogP) is 18.1. The van der Waals surface area contributed by atoms with Crippen LogP contribution in [0.1, 0.15) is 95.5 Å². The molecular formula is C97H104N2O17. The summed E-state index contributed by atoms with van der Waals surface area (Å²) in [5, 5.41) is 3.54. The number of nitrogens with one attached hydrogen (secondary N) is 1. The van der Waals surface area contributed by atoms with Gasteiger partial charge in [0.1, 0.15) is 48.8 Å². The third-order valence-electron chi connectivity index (χ3n) is 20.4. The minimum Gasteiger partial charge on any atom is -0.493 e. The molecule has 0 radical (unpaired) electrons. The quantitative estimate of drug-likeness (QED) is 0.0280. The molecule has 0 unspecified atom stereocenters. The van der Waals surface area contributed by atoms with E-state index in [0.717, 1.165) is 76.6 Å². The Morgan fingerprint density at radius 1 is 0.405 bits per heavy atom. The van der Waals surface area contributed by atoms with E-state index < -0.39 is 72.9 Å². The van der Waals surface area contributed by atoms with Gasteiger partial charge in [0.25, 0.3) is 5.56 Å². The predicted molar refractivity (Wildman–Crippen MR) is 446 cm³/mol. The number of fused-ring (bicyclic) bond motifs is 1. The highest BCUT2D eigenvalue weighted by atomic mass is 16.7. The number of methoxy groups -OCH3 is 2. The minimum absolute atomic E-state index is 0.00679. The lowest BCUT2D eigenvalue weighted by atomic mass is 9.97.